The van der Waals surface area contributed by atoms with Gasteiger partial charge in [0.05, 0.1) is 10.5 Å². The van der Waals surface area contributed by atoms with Crippen LogP contribution < -0.4 is 10.6 Å². The Labute approximate surface area is 197 Å². The number of carbonyl (C=O) groups is 1. The van der Waals surface area contributed by atoms with Crippen LogP contribution in [0, 0.1) is 0 Å². The fraction of sp³-hybridized carbons (Fsp3) is 0.107. The van der Waals surface area contributed by atoms with Gasteiger partial charge in [0.1, 0.15) is 0 Å². The highest BCUT2D eigenvalue weighted by molar-refractivity contribution is 7.82. The monoisotopic (exact) mass is 470 g/mol. The summed E-state index contributed by atoms with van der Waals surface area (Å²) < 4.78 is 15.3. The van der Waals surface area contributed by atoms with Crippen LogP contribution in [0.2, 0.25) is 0 Å². The molecule has 4 aromatic rings. The Hall–Kier alpha value is -3.04. The molecule has 0 unspecified atom stereocenters. The number of aliphatic hydroxyl groups is 1. The van der Waals surface area contributed by atoms with Crippen molar-refractivity contribution in [3.05, 3.63) is 124 Å². The molecule has 3 aromatic carbocycles. The molecule has 0 amide bonds. The molecule has 1 aliphatic rings. The summed E-state index contributed by atoms with van der Waals surface area (Å²) >= 11 is 1.35. The van der Waals surface area contributed by atoms with E-state index in [9.17, 15) is 9.90 Å². The molecule has 1 fully saturated rings. The summed E-state index contributed by atoms with van der Waals surface area (Å²) in [7, 11) is -3.56. The highest BCUT2D eigenvalue weighted by Crippen LogP contribution is 2.64. The van der Waals surface area contributed by atoms with Crippen LogP contribution >= 0.6 is 18.5 Å². The van der Waals surface area contributed by atoms with Gasteiger partial charge in [-0.05, 0) is 29.9 Å². The average Bonchev–Trinajstić information content (AvgIpc) is 3.37. The summed E-state index contributed by atoms with van der Waals surface area (Å²) in [5, 5.41) is 15.1. The van der Waals surface area contributed by atoms with Gasteiger partial charge in [0.2, 0.25) is 5.78 Å². The van der Waals surface area contributed by atoms with Crippen LogP contribution in [0.4, 0.5) is 0 Å². The predicted octanol–water partition coefficient (Wildman–Crippen LogP) is 5.88. The summed E-state index contributed by atoms with van der Waals surface area (Å²) in [4.78, 5) is 14.5. The highest BCUT2D eigenvalue weighted by atomic mass is 32.1. The molecule has 3 nitrogen and oxygen atoms in total. The van der Waals surface area contributed by atoms with Crippen LogP contribution in [0.1, 0.15) is 28.1 Å². The third-order valence-electron chi connectivity index (χ3n) is 5.99. The zero-order valence-corrected chi connectivity index (χ0v) is 19.6. The first-order chi connectivity index (χ1) is 16.0. The van der Waals surface area contributed by atoms with E-state index in [1.165, 1.54) is 11.3 Å². The van der Waals surface area contributed by atoms with Crippen LogP contribution in [0.15, 0.2) is 114 Å². The van der Waals surface area contributed by atoms with Gasteiger partial charge in [-0.1, -0.05) is 97.1 Å². The number of benzene rings is 3. The quantitative estimate of drug-likeness (QED) is 0.208. The van der Waals surface area contributed by atoms with E-state index >= 15 is 4.57 Å². The molecule has 1 aromatic heterocycles. The van der Waals surface area contributed by atoms with Crippen molar-refractivity contribution in [1.29, 1.82) is 0 Å². The largest absolute Gasteiger partial charge is 0.385 e. The van der Waals surface area contributed by atoms with Crippen molar-refractivity contribution in [3.8, 4) is 0 Å². The van der Waals surface area contributed by atoms with Crippen molar-refractivity contribution in [2.24, 2.45) is 0 Å². The molecule has 1 aliphatic carbocycles. The topological polar surface area (TPSA) is 54.4 Å². The molecule has 5 heteroatoms. The minimum Gasteiger partial charge on any atom is -0.385 e. The van der Waals surface area contributed by atoms with Crippen molar-refractivity contribution in [3.63, 3.8) is 0 Å². The van der Waals surface area contributed by atoms with Gasteiger partial charge >= 0.3 is 0 Å². The molecule has 1 N–H and O–H groups in total. The predicted molar refractivity (Wildman–Crippen MR) is 136 cm³/mol. The van der Waals surface area contributed by atoms with Crippen LogP contribution in [0.3, 0.4) is 0 Å². The standard InChI is InChI=1S/C28H23O3PS/c29-26(24-17-10-20-33-24)25(21-11-4-1-5-12-21)27(28(30)18-19-28)32(31,22-13-6-2-7-14-22)23-15-8-3-9-16-23/h1-17,20,30H,18-19H2/b27-25+. The fourth-order valence-electron chi connectivity index (χ4n) is 4.23. The van der Waals surface area contributed by atoms with Crippen molar-refractivity contribution < 1.29 is 14.5 Å². The van der Waals surface area contributed by atoms with E-state index < -0.39 is 12.7 Å². The van der Waals surface area contributed by atoms with Crippen LogP contribution in [0.5, 0.6) is 0 Å². The van der Waals surface area contributed by atoms with E-state index in [1.807, 2.05) is 102 Å². The molecule has 1 saturated carbocycles. The molecule has 5 rings (SSSR count). The van der Waals surface area contributed by atoms with Gasteiger partial charge in [0, 0.05) is 21.5 Å². The van der Waals surface area contributed by atoms with Crippen LogP contribution in [-0.4, -0.2) is 16.5 Å². The Bertz CT molecular complexity index is 1300. The molecule has 164 valence electrons. The summed E-state index contributed by atoms with van der Waals surface area (Å²) in [6.07, 6.45) is 0.945. The zero-order chi connectivity index (χ0) is 22.9. The van der Waals surface area contributed by atoms with Crippen molar-refractivity contribution in [2.75, 3.05) is 0 Å². The average molecular weight is 471 g/mol. The molecule has 0 atom stereocenters. The normalized spacial score (nSPS) is 15.5. The summed E-state index contributed by atoms with van der Waals surface area (Å²) in [6, 6.07) is 31.4. The van der Waals surface area contributed by atoms with Gasteiger partial charge in [-0.2, -0.15) is 0 Å². The van der Waals surface area contributed by atoms with Crippen LogP contribution in [0.25, 0.3) is 5.57 Å². The highest BCUT2D eigenvalue weighted by Gasteiger charge is 2.54. The molecule has 0 bridgehead atoms. The number of ketones is 1. The Balaban J connectivity index is 1.91. The lowest BCUT2D eigenvalue weighted by molar-refractivity contribution is 0.105. The molecular weight excluding hydrogens is 447 g/mol. The SMILES string of the molecule is O=C(/C(=C(\C1(O)CC1)P(=O)(c1ccccc1)c1ccccc1)c1ccccc1)c1cccs1. The first-order valence-corrected chi connectivity index (χ1v) is 13.5. The number of Topliss-reactive ketones (excluding diaryl/α,β-unsaturated/α-hetero) is 1. The molecule has 0 aliphatic heterocycles. The van der Waals surface area contributed by atoms with Gasteiger partial charge < -0.3 is 9.67 Å². The van der Waals surface area contributed by atoms with Crippen molar-refractivity contribution in [2.45, 2.75) is 18.4 Å². The maximum absolute atomic E-state index is 15.3. The number of rotatable bonds is 7. The summed E-state index contributed by atoms with van der Waals surface area (Å²) in [6.45, 7) is 0. The molecule has 33 heavy (non-hydrogen) atoms. The first-order valence-electron chi connectivity index (χ1n) is 10.9. The second kappa shape index (κ2) is 8.72. The first kappa shape index (κ1) is 21.8. The van der Waals surface area contributed by atoms with E-state index in [-0.39, 0.29) is 5.78 Å². The lowest BCUT2D eigenvalue weighted by Crippen LogP contribution is -2.27. The number of hydrogen-bond acceptors (Lipinski definition) is 4. The maximum atomic E-state index is 15.3. The van der Waals surface area contributed by atoms with E-state index in [0.29, 0.717) is 44.8 Å². The number of carbonyl (C=O) groups excluding carboxylic acids is 1. The Morgan fingerprint density at radius 1 is 0.758 bits per heavy atom. The van der Waals surface area contributed by atoms with Gasteiger partial charge in [-0.25, -0.2) is 0 Å². The van der Waals surface area contributed by atoms with Crippen molar-refractivity contribution >= 4 is 40.4 Å². The zero-order valence-electron chi connectivity index (χ0n) is 17.9. The number of allylic oxidation sites excluding steroid dienone is 1. The third kappa shape index (κ3) is 3.95. The maximum Gasteiger partial charge on any atom is 0.204 e. The number of hydrogen-bond donors (Lipinski definition) is 1. The van der Waals surface area contributed by atoms with Crippen LogP contribution in [-0.2, 0) is 4.57 Å². The third-order valence-corrected chi connectivity index (χ3v) is 10.2. The molecular formula is C28H23O3PS. The summed E-state index contributed by atoms with van der Waals surface area (Å²) in [5.41, 5.74) is -0.286. The Morgan fingerprint density at radius 3 is 1.73 bits per heavy atom. The lowest BCUT2D eigenvalue weighted by atomic mass is 9.98. The minimum absolute atomic E-state index is 0.210. The van der Waals surface area contributed by atoms with E-state index in [4.69, 9.17) is 0 Å². The second-order valence-electron chi connectivity index (χ2n) is 8.21. The Morgan fingerprint density at radius 2 is 1.27 bits per heavy atom. The van der Waals surface area contributed by atoms with Gasteiger partial charge in [0.25, 0.3) is 0 Å². The van der Waals surface area contributed by atoms with Gasteiger partial charge in [0.15, 0.2) is 7.14 Å². The summed E-state index contributed by atoms with van der Waals surface area (Å²) in [5.74, 6) is -0.210. The Kier molecular flexibility index (Phi) is 5.76. The molecule has 0 saturated heterocycles. The molecule has 0 spiro atoms. The van der Waals surface area contributed by atoms with Gasteiger partial charge in [-0.3, -0.25) is 4.79 Å². The van der Waals surface area contributed by atoms with Crippen molar-refractivity contribution in [1.82, 2.24) is 0 Å². The fourth-order valence-corrected chi connectivity index (χ4v) is 8.26. The number of thiophene rings is 1. The second-order valence-corrected chi connectivity index (χ2v) is 11.9. The lowest BCUT2D eigenvalue weighted by Gasteiger charge is -2.29. The smallest absolute Gasteiger partial charge is 0.204 e. The molecule has 1 heterocycles. The van der Waals surface area contributed by atoms with E-state index in [2.05, 4.69) is 0 Å². The van der Waals surface area contributed by atoms with E-state index in [1.54, 1.807) is 6.07 Å². The van der Waals surface area contributed by atoms with Gasteiger partial charge in [-0.15, -0.1) is 11.3 Å². The minimum atomic E-state index is -3.56. The van der Waals surface area contributed by atoms with E-state index in [0.717, 1.165) is 0 Å². The molecule has 0 radical (unpaired) electrons.